The maximum absolute atomic E-state index is 9.44. The molecule has 1 aromatic rings. The third kappa shape index (κ3) is 5.10. The normalized spacial score (nSPS) is 12.8. The molecular formula is C15H20ClNO2. The molecule has 0 amide bonds. The molecule has 0 aliphatic heterocycles. The zero-order valence-electron chi connectivity index (χ0n) is 11.6. The molecule has 0 aliphatic rings. The van der Waals surface area contributed by atoms with Gasteiger partial charge in [0.1, 0.15) is 5.75 Å². The molecule has 0 aromatic heterocycles. The van der Waals surface area contributed by atoms with E-state index >= 15 is 0 Å². The second-order valence-electron chi connectivity index (χ2n) is 5.31. The molecule has 3 nitrogen and oxygen atoms in total. The number of halogens is 1. The summed E-state index contributed by atoms with van der Waals surface area (Å²) in [6.45, 7) is 6.05. The average Bonchev–Trinajstić information content (AvgIpc) is 2.36. The van der Waals surface area contributed by atoms with Crippen LogP contribution in [0.5, 0.6) is 5.75 Å². The van der Waals surface area contributed by atoms with Gasteiger partial charge in [0.25, 0.3) is 0 Å². The molecule has 1 N–H and O–H groups in total. The first-order valence-corrected chi connectivity index (χ1v) is 6.75. The first kappa shape index (κ1) is 15.8. The fourth-order valence-corrected chi connectivity index (χ4v) is 1.89. The van der Waals surface area contributed by atoms with E-state index in [9.17, 15) is 5.11 Å². The van der Waals surface area contributed by atoms with E-state index in [-0.39, 0.29) is 5.41 Å². The van der Waals surface area contributed by atoms with Gasteiger partial charge in [-0.15, -0.1) is 0 Å². The maximum atomic E-state index is 9.44. The number of benzene rings is 1. The van der Waals surface area contributed by atoms with Crippen LogP contribution in [0.2, 0.25) is 5.02 Å². The maximum Gasteiger partial charge on any atom is 0.137 e. The fourth-order valence-electron chi connectivity index (χ4n) is 1.65. The van der Waals surface area contributed by atoms with E-state index in [0.717, 1.165) is 18.4 Å². The van der Waals surface area contributed by atoms with E-state index < -0.39 is 6.10 Å². The Morgan fingerprint density at radius 1 is 1.47 bits per heavy atom. The Morgan fingerprint density at radius 3 is 2.68 bits per heavy atom. The van der Waals surface area contributed by atoms with Crippen molar-refractivity contribution in [2.24, 2.45) is 5.41 Å². The minimum Gasteiger partial charge on any atom is -0.492 e. The molecule has 1 atom stereocenters. The van der Waals surface area contributed by atoms with Gasteiger partial charge in [-0.1, -0.05) is 17.7 Å². The van der Waals surface area contributed by atoms with E-state index in [1.165, 1.54) is 0 Å². The third-order valence-corrected chi connectivity index (χ3v) is 3.24. The van der Waals surface area contributed by atoms with Crippen molar-refractivity contribution in [1.82, 2.24) is 0 Å². The standard InChI is InChI=1S/C15H20ClNO2/c1-11(18)12-5-6-14(13(16)9-12)19-8-4-7-15(2,3)10-17/h5-6,9,11,18H,4,7-8H2,1-3H3/t11-/m1/s1. The van der Waals surface area contributed by atoms with Crippen molar-refractivity contribution in [2.45, 2.75) is 39.7 Å². The lowest BCUT2D eigenvalue weighted by Gasteiger charge is -2.15. The van der Waals surface area contributed by atoms with Gasteiger partial charge in [-0.05, 0) is 51.3 Å². The van der Waals surface area contributed by atoms with Gasteiger partial charge in [-0.2, -0.15) is 5.26 Å². The highest BCUT2D eigenvalue weighted by Gasteiger charge is 2.15. The van der Waals surface area contributed by atoms with Crippen LogP contribution in [0.15, 0.2) is 18.2 Å². The van der Waals surface area contributed by atoms with E-state index in [1.54, 1.807) is 25.1 Å². The summed E-state index contributed by atoms with van der Waals surface area (Å²) < 4.78 is 5.59. The summed E-state index contributed by atoms with van der Waals surface area (Å²) in [4.78, 5) is 0. The average molecular weight is 282 g/mol. The monoisotopic (exact) mass is 281 g/mol. The van der Waals surface area contributed by atoms with Gasteiger partial charge < -0.3 is 9.84 Å². The van der Waals surface area contributed by atoms with Crippen molar-refractivity contribution in [3.8, 4) is 11.8 Å². The van der Waals surface area contributed by atoms with Crippen molar-refractivity contribution < 1.29 is 9.84 Å². The first-order chi connectivity index (χ1) is 8.85. The highest BCUT2D eigenvalue weighted by Crippen LogP contribution is 2.28. The van der Waals surface area contributed by atoms with Crippen LogP contribution < -0.4 is 4.74 Å². The lowest BCUT2D eigenvalue weighted by molar-refractivity contribution is 0.199. The zero-order chi connectivity index (χ0) is 14.5. The fraction of sp³-hybridized carbons (Fsp3) is 0.533. The second kappa shape index (κ2) is 6.79. The third-order valence-electron chi connectivity index (χ3n) is 2.94. The molecule has 0 saturated heterocycles. The van der Waals surface area contributed by atoms with Crippen molar-refractivity contribution >= 4 is 11.6 Å². The number of nitrogens with zero attached hydrogens (tertiary/aromatic N) is 1. The van der Waals surface area contributed by atoms with Crippen molar-refractivity contribution in [3.63, 3.8) is 0 Å². The highest BCUT2D eigenvalue weighted by atomic mass is 35.5. The summed E-state index contributed by atoms with van der Waals surface area (Å²) in [6.07, 6.45) is 1.05. The molecule has 19 heavy (non-hydrogen) atoms. The molecule has 0 spiro atoms. The number of aliphatic hydroxyl groups excluding tert-OH is 1. The molecule has 1 aromatic carbocycles. The Morgan fingerprint density at radius 2 is 2.16 bits per heavy atom. The lowest BCUT2D eigenvalue weighted by atomic mass is 9.90. The van der Waals surface area contributed by atoms with Gasteiger partial charge in [0.15, 0.2) is 0 Å². The smallest absolute Gasteiger partial charge is 0.137 e. The topological polar surface area (TPSA) is 53.2 Å². The van der Waals surface area contributed by atoms with E-state index in [4.69, 9.17) is 21.6 Å². The van der Waals surface area contributed by atoms with Gasteiger partial charge >= 0.3 is 0 Å². The quantitative estimate of drug-likeness (QED) is 0.799. The summed E-state index contributed by atoms with van der Waals surface area (Å²) in [5.74, 6) is 0.612. The summed E-state index contributed by atoms with van der Waals surface area (Å²) in [6, 6.07) is 7.53. The number of hydrogen-bond acceptors (Lipinski definition) is 3. The molecule has 0 bridgehead atoms. The molecule has 0 aliphatic carbocycles. The summed E-state index contributed by atoms with van der Waals surface area (Å²) >= 11 is 6.08. The largest absolute Gasteiger partial charge is 0.492 e. The van der Waals surface area contributed by atoms with Gasteiger partial charge in [0.2, 0.25) is 0 Å². The molecule has 0 fully saturated rings. The Labute approximate surface area is 119 Å². The number of rotatable bonds is 6. The first-order valence-electron chi connectivity index (χ1n) is 6.37. The molecule has 1 rings (SSSR count). The predicted octanol–water partition coefficient (Wildman–Crippen LogP) is 4.10. The van der Waals surface area contributed by atoms with Crippen LogP contribution in [-0.2, 0) is 0 Å². The molecule has 0 saturated carbocycles. The predicted molar refractivity (Wildman–Crippen MR) is 76.2 cm³/mol. The lowest BCUT2D eigenvalue weighted by Crippen LogP contribution is -2.10. The van der Waals surface area contributed by atoms with Crippen LogP contribution >= 0.6 is 11.6 Å². The van der Waals surface area contributed by atoms with Crippen molar-refractivity contribution in [2.75, 3.05) is 6.61 Å². The van der Waals surface area contributed by atoms with Crippen LogP contribution in [0.3, 0.4) is 0 Å². The van der Waals surface area contributed by atoms with E-state index in [0.29, 0.717) is 17.4 Å². The Kier molecular flexibility index (Phi) is 5.65. The second-order valence-corrected chi connectivity index (χ2v) is 5.72. The molecule has 4 heteroatoms. The minimum atomic E-state index is -0.539. The summed E-state index contributed by atoms with van der Waals surface area (Å²) in [5.41, 5.74) is 0.450. The zero-order valence-corrected chi connectivity index (χ0v) is 12.4. The highest BCUT2D eigenvalue weighted by molar-refractivity contribution is 6.32. The van der Waals surface area contributed by atoms with E-state index in [1.807, 2.05) is 13.8 Å². The molecular weight excluding hydrogens is 262 g/mol. The van der Waals surface area contributed by atoms with Crippen LogP contribution in [0.25, 0.3) is 0 Å². The summed E-state index contributed by atoms with van der Waals surface area (Å²) in [7, 11) is 0. The van der Waals surface area contributed by atoms with Gasteiger partial charge in [-0.3, -0.25) is 0 Å². The van der Waals surface area contributed by atoms with Crippen LogP contribution in [0, 0.1) is 16.7 Å². The SMILES string of the molecule is C[C@@H](O)c1ccc(OCCCC(C)(C)C#N)c(Cl)c1. The summed E-state index contributed by atoms with van der Waals surface area (Å²) in [5, 5.41) is 18.8. The van der Waals surface area contributed by atoms with Crippen LogP contribution in [0.4, 0.5) is 0 Å². The minimum absolute atomic E-state index is 0.316. The number of nitriles is 1. The van der Waals surface area contributed by atoms with Gasteiger partial charge in [-0.25, -0.2) is 0 Å². The number of ether oxygens (including phenoxy) is 1. The number of hydrogen-bond donors (Lipinski definition) is 1. The van der Waals surface area contributed by atoms with Gasteiger partial charge in [0.05, 0.1) is 29.2 Å². The molecule has 0 heterocycles. The Bertz CT molecular complexity index is 464. The van der Waals surface area contributed by atoms with Crippen LogP contribution in [-0.4, -0.2) is 11.7 Å². The number of aliphatic hydroxyl groups is 1. The van der Waals surface area contributed by atoms with Crippen molar-refractivity contribution in [1.29, 1.82) is 5.26 Å². The van der Waals surface area contributed by atoms with Crippen LogP contribution in [0.1, 0.15) is 45.3 Å². The van der Waals surface area contributed by atoms with E-state index in [2.05, 4.69) is 6.07 Å². The molecule has 0 radical (unpaired) electrons. The molecule has 104 valence electrons. The van der Waals surface area contributed by atoms with Gasteiger partial charge in [0, 0.05) is 0 Å². The van der Waals surface area contributed by atoms with Crippen molar-refractivity contribution in [3.05, 3.63) is 28.8 Å². The Hall–Kier alpha value is -1.24. The molecule has 0 unspecified atom stereocenters. The Balaban J connectivity index is 2.49.